The number of ether oxygens (including phenoxy) is 1. The molecule has 0 spiro atoms. The van der Waals surface area contributed by atoms with Crippen molar-refractivity contribution in [1.82, 2.24) is 5.32 Å². The summed E-state index contributed by atoms with van der Waals surface area (Å²) in [4.78, 5) is 11.3. The number of nitrogens with one attached hydrogen (secondary N) is 1. The Bertz CT molecular complexity index is 473. The minimum atomic E-state index is -4.44. The second kappa shape index (κ2) is 6.49. The zero-order chi connectivity index (χ0) is 15.3. The molecule has 0 heterocycles. The maximum Gasteiger partial charge on any atom is 0.416 e. The predicted molar refractivity (Wildman–Crippen MR) is 69.2 cm³/mol. The molecule has 20 heavy (non-hydrogen) atoms. The third-order valence-electron chi connectivity index (χ3n) is 2.37. The Hall–Kier alpha value is -1.92. The first-order valence-electron chi connectivity index (χ1n) is 6.09. The highest BCUT2D eigenvalue weighted by Crippen LogP contribution is 2.33. The molecule has 0 atom stereocenters. The van der Waals surface area contributed by atoms with Crippen LogP contribution in [0, 0.1) is 0 Å². The standard InChI is InChI=1S/C13H17F3N2O2/c1-8(2)18-12(19)5-6-20-11-4-3-9(7-10(11)17)13(14,15)16/h3-4,7-8H,5-6,17H2,1-2H3,(H,18,19). The summed E-state index contributed by atoms with van der Waals surface area (Å²) < 4.78 is 42.5. The third-order valence-corrected chi connectivity index (χ3v) is 2.37. The van der Waals surface area contributed by atoms with E-state index >= 15 is 0 Å². The van der Waals surface area contributed by atoms with E-state index in [0.717, 1.165) is 18.2 Å². The molecule has 0 radical (unpaired) electrons. The van der Waals surface area contributed by atoms with Crippen LogP contribution >= 0.6 is 0 Å². The number of carbonyl (C=O) groups is 1. The molecule has 4 nitrogen and oxygen atoms in total. The highest BCUT2D eigenvalue weighted by atomic mass is 19.4. The van der Waals surface area contributed by atoms with Gasteiger partial charge in [0.15, 0.2) is 0 Å². The Morgan fingerprint density at radius 1 is 1.40 bits per heavy atom. The van der Waals surface area contributed by atoms with E-state index in [4.69, 9.17) is 10.5 Å². The zero-order valence-electron chi connectivity index (χ0n) is 11.3. The molecule has 0 aromatic heterocycles. The van der Waals surface area contributed by atoms with Gasteiger partial charge in [0.2, 0.25) is 5.91 Å². The number of amides is 1. The van der Waals surface area contributed by atoms with Gasteiger partial charge in [-0.1, -0.05) is 0 Å². The first-order valence-corrected chi connectivity index (χ1v) is 6.09. The number of hydrogen-bond donors (Lipinski definition) is 2. The Kier molecular flexibility index (Phi) is 5.24. The highest BCUT2D eigenvalue weighted by Gasteiger charge is 2.30. The predicted octanol–water partition coefficient (Wildman–Crippen LogP) is 2.58. The van der Waals surface area contributed by atoms with Crippen LogP contribution in [0.2, 0.25) is 0 Å². The summed E-state index contributed by atoms with van der Waals surface area (Å²) in [6, 6.07) is 2.88. The number of halogens is 3. The first-order chi connectivity index (χ1) is 9.20. The molecule has 112 valence electrons. The molecule has 0 unspecified atom stereocenters. The van der Waals surface area contributed by atoms with Gasteiger partial charge >= 0.3 is 6.18 Å². The monoisotopic (exact) mass is 290 g/mol. The van der Waals surface area contributed by atoms with Gasteiger partial charge in [0.05, 0.1) is 24.3 Å². The average Bonchev–Trinajstić information content (AvgIpc) is 2.28. The number of alkyl halides is 3. The number of rotatable bonds is 5. The lowest BCUT2D eigenvalue weighted by Gasteiger charge is -2.12. The summed E-state index contributed by atoms with van der Waals surface area (Å²) in [6.45, 7) is 3.70. The van der Waals surface area contributed by atoms with E-state index in [2.05, 4.69) is 5.32 Å². The summed E-state index contributed by atoms with van der Waals surface area (Å²) in [5, 5.41) is 2.67. The van der Waals surface area contributed by atoms with Crippen LogP contribution in [0.4, 0.5) is 18.9 Å². The van der Waals surface area contributed by atoms with Gasteiger partial charge in [-0.25, -0.2) is 0 Å². The fraction of sp³-hybridized carbons (Fsp3) is 0.462. The Balaban J connectivity index is 2.55. The second-order valence-electron chi connectivity index (χ2n) is 4.57. The van der Waals surface area contributed by atoms with Crippen molar-refractivity contribution in [3.05, 3.63) is 23.8 Å². The fourth-order valence-electron chi connectivity index (χ4n) is 1.50. The molecular weight excluding hydrogens is 273 g/mol. The van der Waals surface area contributed by atoms with Crippen molar-refractivity contribution in [2.75, 3.05) is 12.3 Å². The largest absolute Gasteiger partial charge is 0.491 e. The van der Waals surface area contributed by atoms with Crippen molar-refractivity contribution in [2.45, 2.75) is 32.5 Å². The Morgan fingerprint density at radius 3 is 2.55 bits per heavy atom. The van der Waals surface area contributed by atoms with Crippen LogP contribution in [0.3, 0.4) is 0 Å². The number of benzene rings is 1. The average molecular weight is 290 g/mol. The highest BCUT2D eigenvalue weighted by molar-refractivity contribution is 5.76. The van der Waals surface area contributed by atoms with Gasteiger partial charge in [0.1, 0.15) is 5.75 Å². The fourth-order valence-corrected chi connectivity index (χ4v) is 1.50. The minimum absolute atomic E-state index is 0.0265. The molecule has 1 aromatic carbocycles. The smallest absolute Gasteiger partial charge is 0.416 e. The van der Waals surface area contributed by atoms with Crippen LogP contribution in [0.5, 0.6) is 5.75 Å². The van der Waals surface area contributed by atoms with Crippen molar-refractivity contribution >= 4 is 11.6 Å². The van der Waals surface area contributed by atoms with Crippen molar-refractivity contribution < 1.29 is 22.7 Å². The Labute approximate surface area is 115 Å². The van der Waals surface area contributed by atoms with E-state index in [-0.39, 0.29) is 36.4 Å². The van der Waals surface area contributed by atoms with Gasteiger partial charge in [0.25, 0.3) is 0 Å². The molecule has 0 saturated carbocycles. The van der Waals surface area contributed by atoms with Crippen LogP contribution < -0.4 is 15.8 Å². The van der Waals surface area contributed by atoms with Gasteiger partial charge in [-0.15, -0.1) is 0 Å². The lowest BCUT2D eigenvalue weighted by Crippen LogP contribution is -2.31. The normalized spacial score (nSPS) is 11.5. The third kappa shape index (κ3) is 4.99. The lowest BCUT2D eigenvalue weighted by molar-refractivity contribution is -0.137. The summed E-state index contributed by atoms with van der Waals surface area (Å²) in [5.41, 5.74) is 4.55. The second-order valence-corrected chi connectivity index (χ2v) is 4.57. The van der Waals surface area contributed by atoms with Crippen molar-refractivity contribution in [1.29, 1.82) is 0 Å². The van der Waals surface area contributed by atoms with Crippen LogP contribution in [0.1, 0.15) is 25.8 Å². The van der Waals surface area contributed by atoms with Crippen molar-refractivity contribution in [3.8, 4) is 5.75 Å². The van der Waals surface area contributed by atoms with Crippen LogP contribution in [0.15, 0.2) is 18.2 Å². The van der Waals surface area contributed by atoms with E-state index in [1.165, 1.54) is 0 Å². The maximum absolute atomic E-state index is 12.4. The number of hydrogen-bond acceptors (Lipinski definition) is 3. The quantitative estimate of drug-likeness (QED) is 0.819. The van der Waals surface area contributed by atoms with Gasteiger partial charge in [-0.2, -0.15) is 13.2 Å². The van der Waals surface area contributed by atoms with Crippen LogP contribution in [-0.4, -0.2) is 18.6 Å². The van der Waals surface area contributed by atoms with Crippen molar-refractivity contribution in [3.63, 3.8) is 0 Å². The molecule has 0 aliphatic carbocycles. The van der Waals surface area contributed by atoms with Crippen LogP contribution in [0.25, 0.3) is 0 Å². The van der Waals surface area contributed by atoms with E-state index in [9.17, 15) is 18.0 Å². The molecule has 1 rings (SSSR count). The molecule has 1 aromatic rings. The number of nitrogens with two attached hydrogens (primary N) is 1. The summed E-state index contributed by atoms with van der Waals surface area (Å²) >= 11 is 0. The summed E-state index contributed by atoms with van der Waals surface area (Å²) in [6.07, 6.45) is -4.33. The molecule has 7 heteroatoms. The SMILES string of the molecule is CC(C)NC(=O)CCOc1ccc(C(F)(F)F)cc1N. The Morgan fingerprint density at radius 2 is 2.05 bits per heavy atom. The van der Waals surface area contributed by atoms with E-state index in [0.29, 0.717) is 0 Å². The molecule has 0 fully saturated rings. The van der Waals surface area contributed by atoms with E-state index in [1.54, 1.807) is 0 Å². The molecule has 0 aliphatic heterocycles. The summed E-state index contributed by atoms with van der Waals surface area (Å²) in [7, 11) is 0. The first kappa shape index (κ1) is 16.1. The summed E-state index contributed by atoms with van der Waals surface area (Å²) in [5.74, 6) is -0.0548. The molecule has 0 saturated heterocycles. The molecule has 0 aliphatic rings. The van der Waals surface area contributed by atoms with Gasteiger partial charge < -0.3 is 15.8 Å². The number of anilines is 1. The number of nitrogen functional groups attached to an aromatic ring is 1. The van der Waals surface area contributed by atoms with E-state index in [1.807, 2.05) is 13.8 Å². The van der Waals surface area contributed by atoms with E-state index < -0.39 is 11.7 Å². The molecule has 3 N–H and O–H groups in total. The van der Waals surface area contributed by atoms with Crippen LogP contribution in [-0.2, 0) is 11.0 Å². The minimum Gasteiger partial charge on any atom is -0.491 e. The van der Waals surface area contributed by atoms with Gasteiger partial charge in [-0.05, 0) is 32.0 Å². The van der Waals surface area contributed by atoms with Gasteiger partial charge in [-0.3, -0.25) is 4.79 Å². The molecule has 1 amide bonds. The van der Waals surface area contributed by atoms with Crippen molar-refractivity contribution in [2.24, 2.45) is 0 Å². The molecule has 0 bridgehead atoms. The lowest BCUT2D eigenvalue weighted by atomic mass is 10.2. The molecular formula is C13H17F3N2O2. The topological polar surface area (TPSA) is 64.3 Å². The number of carbonyl (C=O) groups excluding carboxylic acids is 1. The maximum atomic E-state index is 12.4. The van der Waals surface area contributed by atoms with Gasteiger partial charge in [0, 0.05) is 6.04 Å². The zero-order valence-corrected chi connectivity index (χ0v) is 11.3.